The van der Waals surface area contributed by atoms with E-state index in [-0.39, 0.29) is 11.9 Å². The molecule has 0 fully saturated rings. The first-order valence-corrected chi connectivity index (χ1v) is 8.74. The molecule has 0 bridgehead atoms. The summed E-state index contributed by atoms with van der Waals surface area (Å²) in [6, 6.07) is 5.90. The van der Waals surface area contributed by atoms with E-state index in [4.69, 9.17) is 11.6 Å². The normalized spacial score (nSPS) is 12.6. The largest absolute Gasteiger partial charge is 0.353 e. The van der Waals surface area contributed by atoms with E-state index < -0.39 is 0 Å². The Balaban J connectivity index is 1.90. The van der Waals surface area contributed by atoms with E-state index in [1.165, 1.54) is 11.8 Å². The SMILES string of the molecule is CCC[C@H](C)NC(=O)CSc1nc2cc(Cl)ccc2s1. The lowest BCUT2D eigenvalue weighted by atomic mass is 10.2. The van der Waals surface area contributed by atoms with Crippen LogP contribution in [0.15, 0.2) is 22.5 Å². The van der Waals surface area contributed by atoms with Crippen molar-refractivity contribution in [3.05, 3.63) is 23.2 Å². The molecule has 2 aromatic rings. The third-order valence-electron chi connectivity index (χ3n) is 2.79. The van der Waals surface area contributed by atoms with E-state index in [9.17, 15) is 4.79 Å². The molecule has 1 atom stereocenters. The summed E-state index contributed by atoms with van der Waals surface area (Å²) >= 11 is 9.00. The zero-order chi connectivity index (χ0) is 14.5. The van der Waals surface area contributed by atoms with E-state index in [0.29, 0.717) is 10.8 Å². The summed E-state index contributed by atoms with van der Waals surface area (Å²) < 4.78 is 2.00. The number of benzene rings is 1. The fraction of sp³-hybridized carbons (Fsp3) is 0.429. The van der Waals surface area contributed by atoms with Crippen LogP contribution in [0.25, 0.3) is 10.2 Å². The van der Waals surface area contributed by atoms with E-state index in [1.54, 1.807) is 11.3 Å². The minimum atomic E-state index is 0.0632. The van der Waals surface area contributed by atoms with Crippen LogP contribution in [-0.4, -0.2) is 22.7 Å². The lowest BCUT2D eigenvalue weighted by molar-refractivity contribution is -0.119. The maximum absolute atomic E-state index is 11.8. The van der Waals surface area contributed by atoms with Gasteiger partial charge in [-0.2, -0.15) is 0 Å². The van der Waals surface area contributed by atoms with Crippen molar-refractivity contribution in [2.75, 3.05) is 5.75 Å². The van der Waals surface area contributed by atoms with Crippen molar-refractivity contribution in [3.8, 4) is 0 Å². The van der Waals surface area contributed by atoms with Crippen molar-refractivity contribution < 1.29 is 4.79 Å². The number of hydrogen-bond acceptors (Lipinski definition) is 4. The molecule has 2 rings (SSSR count). The number of nitrogens with one attached hydrogen (secondary N) is 1. The summed E-state index contributed by atoms with van der Waals surface area (Å²) in [6.07, 6.45) is 2.09. The summed E-state index contributed by atoms with van der Waals surface area (Å²) in [5, 5.41) is 3.68. The molecule has 1 aromatic carbocycles. The number of thiazole rings is 1. The smallest absolute Gasteiger partial charge is 0.230 e. The van der Waals surface area contributed by atoms with E-state index in [0.717, 1.165) is 27.4 Å². The van der Waals surface area contributed by atoms with Gasteiger partial charge in [0, 0.05) is 11.1 Å². The highest BCUT2D eigenvalue weighted by Crippen LogP contribution is 2.30. The quantitative estimate of drug-likeness (QED) is 0.802. The first-order valence-electron chi connectivity index (χ1n) is 6.56. The van der Waals surface area contributed by atoms with Crippen molar-refractivity contribution in [2.24, 2.45) is 0 Å². The Kier molecular flexibility index (Phi) is 5.69. The van der Waals surface area contributed by atoms with Crippen molar-refractivity contribution in [3.63, 3.8) is 0 Å². The standard InChI is InChI=1S/C14H17ClN2OS2/c1-3-4-9(2)16-13(18)8-19-14-17-11-7-10(15)5-6-12(11)20-14/h5-7,9H,3-4,8H2,1-2H3,(H,16,18)/t9-/m0/s1. The summed E-state index contributed by atoms with van der Waals surface area (Å²) in [5.74, 6) is 0.468. The van der Waals surface area contributed by atoms with Crippen LogP contribution < -0.4 is 5.32 Å². The zero-order valence-electron chi connectivity index (χ0n) is 11.5. The van der Waals surface area contributed by atoms with Gasteiger partial charge in [0.05, 0.1) is 16.0 Å². The second kappa shape index (κ2) is 7.29. The molecule has 1 aromatic heterocycles. The molecule has 3 nitrogen and oxygen atoms in total. The molecule has 0 saturated heterocycles. The lowest BCUT2D eigenvalue weighted by Crippen LogP contribution is -2.33. The zero-order valence-corrected chi connectivity index (χ0v) is 13.9. The van der Waals surface area contributed by atoms with Gasteiger partial charge in [-0.3, -0.25) is 4.79 Å². The molecule has 0 unspecified atom stereocenters. The summed E-state index contributed by atoms with van der Waals surface area (Å²) in [7, 11) is 0. The number of rotatable bonds is 6. The first kappa shape index (κ1) is 15.6. The molecule has 0 aliphatic heterocycles. The molecule has 0 saturated carbocycles. The Labute approximate surface area is 132 Å². The number of aromatic nitrogens is 1. The Morgan fingerprint density at radius 2 is 2.35 bits per heavy atom. The average molecular weight is 329 g/mol. The number of fused-ring (bicyclic) bond motifs is 1. The molecule has 0 aliphatic carbocycles. The monoisotopic (exact) mass is 328 g/mol. The van der Waals surface area contributed by atoms with E-state index in [1.807, 2.05) is 25.1 Å². The lowest BCUT2D eigenvalue weighted by Gasteiger charge is -2.11. The number of hydrogen-bond donors (Lipinski definition) is 1. The van der Waals surface area contributed by atoms with Gasteiger partial charge in [-0.1, -0.05) is 36.7 Å². The predicted molar refractivity (Wildman–Crippen MR) is 87.9 cm³/mol. The molecule has 1 amide bonds. The van der Waals surface area contributed by atoms with Gasteiger partial charge in [-0.15, -0.1) is 11.3 Å². The maximum Gasteiger partial charge on any atom is 0.230 e. The van der Waals surface area contributed by atoms with Crippen molar-refractivity contribution in [1.29, 1.82) is 0 Å². The molecule has 1 N–H and O–H groups in total. The topological polar surface area (TPSA) is 42.0 Å². The van der Waals surface area contributed by atoms with Crippen molar-refractivity contribution in [1.82, 2.24) is 10.3 Å². The molecule has 0 radical (unpaired) electrons. The van der Waals surface area contributed by atoms with Gasteiger partial charge >= 0.3 is 0 Å². The van der Waals surface area contributed by atoms with Crippen LogP contribution in [-0.2, 0) is 4.79 Å². The highest BCUT2D eigenvalue weighted by atomic mass is 35.5. The van der Waals surface area contributed by atoms with Crippen LogP contribution in [0.1, 0.15) is 26.7 Å². The highest BCUT2D eigenvalue weighted by molar-refractivity contribution is 8.01. The van der Waals surface area contributed by atoms with Gasteiger partial charge in [0.2, 0.25) is 5.91 Å². The summed E-state index contributed by atoms with van der Waals surface area (Å²) in [4.78, 5) is 16.3. The van der Waals surface area contributed by atoms with Crippen LogP contribution >= 0.6 is 34.7 Å². The van der Waals surface area contributed by atoms with E-state index in [2.05, 4.69) is 17.2 Å². The number of halogens is 1. The Bertz CT molecular complexity index is 600. The molecule has 108 valence electrons. The fourth-order valence-electron chi connectivity index (χ4n) is 1.89. The third-order valence-corrected chi connectivity index (χ3v) is 5.20. The fourth-order valence-corrected chi connectivity index (χ4v) is 3.92. The summed E-state index contributed by atoms with van der Waals surface area (Å²) in [6.45, 7) is 4.15. The van der Waals surface area contributed by atoms with Crippen LogP contribution in [0.3, 0.4) is 0 Å². The average Bonchev–Trinajstić information content (AvgIpc) is 2.78. The molecule has 20 heavy (non-hydrogen) atoms. The number of amides is 1. The van der Waals surface area contributed by atoms with Crippen LogP contribution in [0.2, 0.25) is 5.02 Å². The molecular formula is C14H17ClN2OS2. The van der Waals surface area contributed by atoms with Crippen molar-refractivity contribution in [2.45, 2.75) is 37.1 Å². The Morgan fingerprint density at radius 3 is 3.10 bits per heavy atom. The molecule has 1 heterocycles. The second-order valence-electron chi connectivity index (χ2n) is 4.64. The molecule has 0 spiro atoms. The number of nitrogens with zero attached hydrogens (tertiary/aromatic N) is 1. The van der Waals surface area contributed by atoms with Gasteiger partial charge in [-0.05, 0) is 31.5 Å². The Morgan fingerprint density at radius 1 is 1.55 bits per heavy atom. The molecule has 0 aliphatic rings. The number of thioether (sulfide) groups is 1. The number of carbonyl (C=O) groups excluding carboxylic acids is 1. The van der Waals surface area contributed by atoms with Crippen molar-refractivity contribution >= 4 is 50.8 Å². The van der Waals surface area contributed by atoms with Gasteiger partial charge in [0.15, 0.2) is 4.34 Å². The van der Waals surface area contributed by atoms with Gasteiger partial charge in [-0.25, -0.2) is 4.98 Å². The van der Waals surface area contributed by atoms with Crippen LogP contribution in [0.5, 0.6) is 0 Å². The molecule has 6 heteroatoms. The van der Waals surface area contributed by atoms with Gasteiger partial charge in [0.25, 0.3) is 0 Å². The third kappa shape index (κ3) is 4.36. The number of carbonyl (C=O) groups is 1. The second-order valence-corrected chi connectivity index (χ2v) is 7.33. The predicted octanol–water partition coefficient (Wildman–Crippen LogP) is 4.35. The van der Waals surface area contributed by atoms with Gasteiger partial charge < -0.3 is 5.32 Å². The van der Waals surface area contributed by atoms with E-state index >= 15 is 0 Å². The maximum atomic E-state index is 11.8. The minimum absolute atomic E-state index is 0.0632. The summed E-state index contributed by atoms with van der Waals surface area (Å²) in [5.41, 5.74) is 0.893. The van der Waals surface area contributed by atoms with Gasteiger partial charge in [0.1, 0.15) is 0 Å². The van der Waals surface area contributed by atoms with Crippen LogP contribution in [0.4, 0.5) is 0 Å². The van der Waals surface area contributed by atoms with Crippen LogP contribution in [0, 0.1) is 0 Å². The first-order chi connectivity index (χ1) is 9.58. The minimum Gasteiger partial charge on any atom is -0.353 e. The Hall–Kier alpha value is -0.780. The molecular weight excluding hydrogens is 312 g/mol. The highest BCUT2D eigenvalue weighted by Gasteiger charge is 2.10.